The first kappa shape index (κ1) is 16.2. The molecule has 0 spiro atoms. The summed E-state index contributed by atoms with van der Waals surface area (Å²) in [7, 11) is 0.0124. The van der Waals surface area contributed by atoms with Gasteiger partial charge in [0, 0.05) is 6.20 Å². The Morgan fingerprint density at radius 1 is 1.05 bits per heavy atom. The average molecular weight is 303 g/mol. The monoisotopic (exact) mass is 302 g/mol. The number of hydrogen-bond acceptors (Lipinski definition) is 2. The zero-order chi connectivity index (χ0) is 15.8. The summed E-state index contributed by atoms with van der Waals surface area (Å²) in [5.41, 5.74) is 6.58. The molecule has 1 aliphatic heterocycles. The van der Waals surface area contributed by atoms with Gasteiger partial charge in [-0.2, -0.15) is 0 Å². The van der Waals surface area contributed by atoms with Gasteiger partial charge in [0.2, 0.25) is 0 Å². The van der Waals surface area contributed by atoms with E-state index in [2.05, 4.69) is 70.2 Å². The molecule has 0 saturated carbocycles. The Morgan fingerprint density at radius 2 is 1.62 bits per heavy atom. The predicted molar refractivity (Wildman–Crippen MR) is 92.0 cm³/mol. The zero-order valence-corrected chi connectivity index (χ0v) is 15.4. The quantitative estimate of drug-likeness (QED) is 0.514. The molecule has 0 bridgehead atoms. The molecular weight excluding hydrogens is 274 g/mol. The van der Waals surface area contributed by atoms with E-state index in [0.29, 0.717) is 16.6 Å². The molecule has 0 aromatic rings. The van der Waals surface area contributed by atoms with Crippen LogP contribution in [0.1, 0.15) is 41.5 Å². The summed E-state index contributed by atoms with van der Waals surface area (Å²) in [5.74, 6) is 0.922. The summed E-state index contributed by atoms with van der Waals surface area (Å²) in [6.45, 7) is 14.3. The highest BCUT2D eigenvalue weighted by Crippen LogP contribution is 2.50. The zero-order valence-electron chi connectivity index (χ0n) is 14.4. The Bertz CT molecular complexity index is 500. The summed E-state index contributed by atoms with van der Waals surface area (Å²) in [5, 5.41) is 0. The van der Waals surface area contributed by atoms with Gasteiger partial charge in [0.25, 0.3) is 0 Å². The molecule has 1 aliphatic carbocycles. The van der Waals surface area contributed by atoms with Gasteiger partial charge in [0.15, 0.2) is 8.24 Å². The van der Waals surface area contributed by atoms with Crippen molar-refractivity contribution in [3.05, 3.63) is 47.5 Å². The molecule has 115 valence electrons. The van der Waals surface area contributed by atoms with Crippen molar-refractivity contribution in [3.8, 4) is 0 Å². The van der Waals surface area contributed by atoms with Gasteiger partial charge in [-0.3, -0.25) is 0 Å². The Morgan fingerprint density at radius 3 is 2.10 bits per heavy atom. The highest BCUT2D eigenvalue weighted by Gasteiger charge is 2.51. The lowest BCUT2D eigenvalue weighted by Gasteiger charge is -2.51. The van der Waals surface area contributed by atoms with Crippen molar-refractivity contribution >= 4 is 8.24 Å². The van der Waals surface area contributed by atoms with E-state index >= 15 is 0 Å². The van der Waals surface area contributed by atoms with E-state index in [-0.39, 0.29) is 0 Å². The number of hydrogen-bond donors (Lipinski definition) is 0. The smallest absolute Gasteiger partial charge is 0.165 e. The molecule has 0 aromatic heterocycles. The Labute approximate surface area is 131 Å². The van der Waals surface area contributed by atoms with E-state index in [0.717, 1.165) is 11.3 Å². The summed E-state index contributed by atoms with van der Waals surface area (Å²) in [4.78, 5) is 0. The summed E-state index contributed by atoms with van der Waals surface area (Å²) >= 11 is 0. The van der Waals surface area contributed by atoms with Crippen LogP contribution < -0.4 is 0 Å². The number of allylic oxidation sites excluding steroid dienone is 2. The fourth-order valence-corrected chi connectivity index (χ4v) is 10.9. The molecule has 0 atom stereocenters. The van der Waals surface area contributed by atoms with Gasteiger partial charge < -0.3 is 9.30 Å². The second kappa shape index (κ2) is 5.90. The number of ether oxygens (including phenoxy) is 1. The van der Waals surface area contributed by atoms with Crippen molar-refractivity contribution < 1.29 is 4.74 Å². The van der Waals surface area contributed by atoms with Crippen LogP contribution >= 0.6 is 0 Å². The Hall–Kier alpha value is -1.18. The third-order valence-corrected chi connectivity index (χ3v) is 11.8. The van der Waals surface area contributed by atoms with Crippen LogP contribution in [0.15, 0.2) is 41.5 Å². The molecule has 0 amide bonds. The molecule has 2 aliphatic rings. The van der Waals surface area contributed by atoms with Gasteiger partial charge in [-0.15, -0.1) is 0 Å². The topological polar surface area (TPSA) is 12.5 Å². The van der Waals surface area contributed by atoms with E-state index in [1.165, 1.54) is 6.04 Å². The maximum atomic E-state index is 5.51. The van der Waals surface area contributed by atoms with E-state index < -0.39 is 8.24 Å². The summed E-state index contributed by atoms with van der Waals surface area (Å²) in [6, 6.07) is 1.28. The molecule has 0 aromatic carbocycles. The Kier molecular flexibility index (Phi) is 4.55. The predicted octanol–water partition coefficient (Wildman–Crippen LogP) is 5.15. The van der Waals surface area contributed by atoms with Crippen LogP contribution in [-0.2, 0) is 4.74 Å². The second-order valence-corrected chi connectivity index (χ2v) is 12.6. The van der Waals surface area contributed by atoms with Crippen molar-refractivity contribution in [1.82, 2.24) is 4.57 Å². The first-order valence-corrected chi connectivity index (χ1v) is 10.1. The van der Waals surface area contributed by atoms with Crippen molar-refractivity contribution in [2.24, 2.45) is 0 Å². The van der Waals surface area contributed by atoms with Gasteiger partial charge in [0.1, 0.15) is 11.8 Å². The molecule has 1 radical (unpaired) electrons. The molecule has 0 saturated heterocycles. The maximum Gasteiger partial charge on any atom is 0.165 e. The number of nitrogens with zero attached hydrogens (tertiary/aromatic N) is 1. The minimum absolute atomic E-state index is 0.674. The van der Waals surface area contributed by atoms with Crippen LogP contribution in [0, 0.1) is 6.04 Å². The lowest BCUT2D eigenvalue weighted by atomic mass is 10.0. The minimum atomic E-state index is -1.72. The second-order valence-electron chi connectivity index (χ2n) is 6.85. The van der Waals surface area contributed by atoms with Gasteiger partial charge in [-0.1, -0.05) is 59.4 Å². The van der Waals surface area contributed by atoms with Gasteiger partial charge in [-0.05, 0) is 22.7 Å². The molecular formula is C18H28NOSi. The van der Waals surface area contributed by atoms with Crippen molar-refractivity contribution in [1.29, 1.82) is 0 Å². The number of methoxy groups -OCH3 is 1. The third-order valence-electron chi connectivity index (χ3n) is 5.01. The van der Waals surface area contributed by atoms with E-state index in [1.807, 2.05) is 6.08 Å². The maximum absolute atomic E-state index is 5.51. The lowest BCUT2D eigenvalue weighted by Crippen LogP contribution is -2.58. The van der Waals surface area contributed by atoms with Crippen molar-refractivity contribution in [3.63, 3.8) is 0 Å². The van der Waals surface area contributed by atoms with E-state index in [1.54, 1.807) is 7.11 Å². The van der Waals surface area contributed by atoms with Gasteiger partial charge >= 0.3 is 0 Å². The highest BCUT2D eigenvalue weighted by molar-refractivity contribution is 6.81. The lowest BCUT2D eigenvalue weighted by molar-refractivity contribution is 0.298. The first-order valence-electron chi connectivity index (χ1n) is 7.93. The molecule has 0 N–H and O–H groups in total. The minimum Gasteiger partial charge on any atom is -0.496 e. The largest absolute Gasteiger partial charge is 0.496 e. The SMILES string of the molecule is COC1=CC=C[C]2C1=C=CN2[Si](C(C)C)(C(C)C)C(C)C. The molecule has 3 heteroatoms. The normalized spacial score (nSPS) is 18.7. The summed E-state index contributed by atoms with van der Waals surface area (Å²) < 4.78 is 8.08. The number of rotatable bonds is 5. The van der Waals surface area contributed by atoms with Crippen molar-refractivity contribution in [2.75, 3.05) is 7.11 Å². The molecule has 1 heterocycles. The molecule has 0 fully saturated rings. The standard InChI is InChI=1S/C18H28NOSi/c1-13(2)21(14(3)4,15(5)6)19-12-11-16-17(19)9-8-10-18(16)20-7/h8-10,12-15H,1-7H3. The first-order chi connectivity index (χ1) is 9.87. The van der Waals surface area contributed by atoms with Crippen LogP contribution in [0.4, 0.5) is 0 Å². The van der Waals surface area contributed by atoms with Gasteiger partial charge in [0.05, 0.1) is 12.7 Å². The summed E-state index contributed by atoms with van der Waals surface area (Å²) in [6.07, 6.45) is 8.50. The van der Waals surface area contributed by atoms with Crippen LogP contribution in [0.3, 0.4) is 0 Å². The molecule has 2 rings (SSSR count). The number of fused-ring (bicyclic) bond motifs is 1. The highest BCUT2D eigenvalue weighted by atomic mass is 28.3. The van der Waals surface area contributed by atoms with E-state index in [4.69, 9.17) is 4.74 Å². The third kappa shape index (κ3) is 2.33. The van der Waals surface area contributed by atoms with Crippen molar-refractivity contribution in [2.45, 2.75) is 58.2 Å². The average Bonchev–Trinajstić information content (AvgIpc) is 2.82. The van der Waals surface area contributed by atoms with Crippen LogP contribution in [0.25, 0.3) is 0 Å². The Balaban J connectivity index is 2.45. The fourth-order valence-electron chi connectivity index (χ4n) is 4.39. The van der Waals surface area contributed by atoms with Crippen LogP contribution in [0.2, 0.25) is 16.6 Å². The molecule has 2 nitrogen and oxygen atoms in total. The van der Waals surface area contributed by atoms with Crippen LogP contribution in [0.5, 0.6) is 0 Å². The van der Waals surface area contributed by atoms with E-state index in [9.17, 15) is 0 Å². The van der Waals surface area contributed by atoms with Gasteiger partial charge in [-0.25, -0.2) is 0 Å². The molecule has 0 unspecified atom stereocenters. The molecule has 21 heavy (non-hydrogen) atoms. The fraction of sp³-hybridized carbons (Fsp3) is 0.556. The van der Waals surface area contributed by atoms with Crippen LogP contribution in [-0.4, -0.2) is 19.9 Å².